The van der Waals surface area contributed by atoms with E-state index in [1.807, 2.05) is 13.8 Å². The van der Waals surface area contributed by atoms with Crippen molar-refractivity contribution in [3.8, 4) is 0 Å². The van der Waals surface area contributed by atoms with Crippen molar-refractivity contribution in [2.24, 2.45) is 5.92 Å². The van der Waals surface area contributed by atoms with Gasteiger partial charge in [-0.2, -0.15) is 0 Å². The molecule has 0 spiro atoms. The van der Waals surface area contributed by atoms with E-state index in [2.05, 4.69) is 0 Å². The summed E-state index contributed by atoms with van der Waals surface area (Å²) in [7, 11) is 0. The third kappa shape index (κ3) is 4.84. The molecule has 1 aromatic rings. The molecule has 0 amide bonds. The predicted molar refractivity (Wildman–Crippen MR) is 72.4 cm³/mol. The van der Waals surface area contributed by atoms with Crippen LogP contribution in [0.3, 0.4) is 0 Å². The van der Waals surface area contributed by atoms with Crippen LogP contribution < -0.4 is 0 Å². The van der Waals surface area contributed by atoms with Gasteiger partial charge in [0.15, 0.2) is 6.10 Å². The van der Waals surface area contributed by atoms with Crippen molar-refractivity contribution in [2.75, 3.05) is 6.61 Å². The largest absolute Gasteiger partial charge is 0.479 e. The summed E-state index contributed by atoms with van der Waals surface area (Å²) >= 11 is 11.8. The Morgan fingerprint density at radius 2 is 2.06 bits per heavy atom. The van der Waals surface area contributed by atoms with E-state index in [0.29, 0.717) is 16.7 Å². The van der Waals surface area contributed by atoms with Gasteiger partial charge in [-0.25, -0.2) is 4.79 Å². The molecule has 0 aliphatic heterocycles. The van der Waals surface area contributed by atoms with Gasteiger partial charge in [0.05, 0.1) is 6.61 Å². The number of benzene rings is 1. The van der Waals surface area contributed by atoms with Gasteiger partial charge in [-0.3, -0.25) is 0 Å². The predicted octanol–water partition coefficient (Wildman–Crippen LogP) is 3.66. The smallest absolute Gasteiger partial charge is 0.333 e. The number of carbonyl (C=O) groups is 1. The lowest BCUT2D eigenvalue weighted by Gasteiger charge is -2.16. The minimum Gasteiger partial charge on any atom is -0.479 e. The van der Waals surface area contributed by atoms with Crippen LogP contribution in [0.5, 0.6) is 0 Å². The quantitative estimate of drug-likeness (QED) is 0.870. The Kier molecular flexibility index (Phi) is 5.93. The number of rotatable bonds is 6. The van der Waals surface area contributed by atoms with Crippen LogP contribution in [0.15, 0.2) is 18.2 Å². The Morgan fingerprint density at radius 3 is 2.56 bits per heavy atom. The van der Waals surface area contributed by atoms with Crippen LogP contribution >= 0.6 is 23.2 Å². The number of aliphatic carboxylic acids is 1. The Labute approximate surface area is 117 Å². The van der Waals surface area contributed by atoms with Gasteiger partial charge in [0.25, 0.3) is 0 Å². The Balaban J connectivity index is 2.73. The van der Waals surface area contributed by atoms with Gasteiger partial charge in [-0.05, 0) is 23.6 Å². The standard InChI is InChI=1S/C13H16Cl2O3/c1-8(2)7-18-12(13(16)17)5-9-3-4-10(14)6-11(9)15/h3-4,6,8,12H,5,7H2,1-2H3,(H,16,17). The topological polar surface area (TPSA) is 46.5 Å². The Bertz CT molecular complexity index is 419. The molecule has 0 fully saturated rings. The summed E-state index contributed by atoms with van der Waals surface area (Å²) in [6.07, 6.45) is -0.649. The molecule has 0 heterocycles. The summed E-state index contributed by atoms with van der Waals surface area (Å²) < 4.78 is 5.36. The molecule has 18 heavy (non-hydrogen) atoms. The highest BCUT2D eigenvalue weighted by atomic mass is 35.5. The van der Waals surface area contributed by atoms with Crippen molar-refractivity contribution in [1.29, 1.82) is 0 Å². The van der Waals surface area contributed by atoms with E-state index < -0.39 is 12.1 Å². The monoisotopic (exact) mass is 290 g/mol. The average molecular weight is 291 g/mol. The lowest BCUT2D eigenvalue weighted by Crippen LogP contribution is -2.28. The minimum absolute atomic E-state index is 0.234. The normalized spacial score (nSPS) is 12.7. The van der Waals surface area contributed by atoms with Gasteiger partial charge in [0, 0.05) is 16.5 Å². The summed E-state index contributed by atoms with van der Waals surface area (Å²) in [5, 5.41) is 10.1. The molecule has 0 aromatic heterocycles. The fraction of sp³-hybridized carbons (Fsp3) is 0.462. The third-order valence-electron chi connectivity index (χ3n) is 2.33. The molecule has 1 N–H and O–H groups in total. The van der Waals surface area contributed by atoms with E-state index in [1.165, 1.54) is 0 Å². The lowest BCUT2D eigenvalue weighted by atomic mass is 10.1. The number of carboxylic acid groups (broad SMARTS) is 1. The number of carboxylic acids is 1. The molecule has 5 heteroatoms. The van der Waals surface area contributed by atoms with E-state index in [0.717, 1.165) is 5.56 Å². The van der Waals surface area contributed by atoms with Crippen molar-refractivity contribution >= 4 is 29.2 Å². The second kappa shape index (κ2) is 6.98. The fourth-order valence-corrected chi connectivity index (χ4v) is 1.90. The first kappa shape index (κ1) is 15.3. The molecule has 3 nitrogen and oxygen atoms in total. The number of halogens is 2. The SMILES string of the molecule is CC(C)COC(Cc1ccc(Cl)cc1Cl)C(=O)O. The Hall–Kier alpha value is -0.770. The van der Waals surface area contributed by atoms with Crippen LogP contribution in [0.4, 0.5) is 0 Å². The fourth-order valence-electron chi connectivity index (χ4n) is 1.41. The molecule has 0 bridgehead atoms. The first-order chi connectivity index (χ1) is 8.40. The van der Waals surface area contributed by atoms with Gasteiger partial charge in [-0.15, -0.1) is 0 Å². The van der Waals surface area contributed by atoms with Gasteiger partial charge in [0.2, 0.25) is 0 Å². The maximum absolute atomic E-state index is 11.1. The molecule has 1 aromatic carbocycles. The van der Waals surface area contributed by atoms with Gasteiger partial charge >= 0.3 is 5.97 Å². The van der Waals surface area contributed by atoms with E-state index in [1.54, 1.807) is 18.2 Å². The molecule has 0 saturated carbocycles. The number of ether oxygens (including phenoxy) is 1. The number of hydrogen-bond acceptors (Lipinski definition) is 2. The summed E-state index contributed by atoms with van der Waals surface area (Å²) in [5.74, 6) is -0.700. The summed E-state index contributed by atoms with van der Waals surface area (Å²) in [6.45, 7) is 4.34. The van der Waals surface area contributed by atoms with E-state index in [9.17, 15) is 4.79 Å². The van der Waals surface area contributed by atoms with Crippen molar-refractivity contribution < 1.29 is 14.6 Å². The lowest BCUT2D eigenvalue weighted by molar-refractivity contribution is -0.150. The second-order valence-corrected chi connectivity index (χ2v) is 5.34. The van der Waals surface area contributed by atoms with E-state index >= 15 is 0 Å². The van der Waals surface area contributed by atoms with Crippen LogP contribution in [0.2, 0.25) is 10.0 Å². The molecular weight excluding hydrogens is 275 g/mol. The van der Waals surface area contributed by atoms with Gasteiger partial charge in [-0.1, -0.05) is 43.1 Å². The summed E-state index contributed by atoms with van der Waals surface area (Å²) in [4.78, 5) is 11.1. The van der Waals surface area contributed by atoms with Crippen LogP contribution in [-0.2, 0) is 16.0 Å². The van der Waals surface area contributed by atoms with E-state index in [4.69, 9.17) is 33.0 Å². The average Bonchev–Trinajstić information content (AvgIpc) is 2.26. The molecule has 0 aliphatic carbocycles. The molecule has 0 aliphatic rings. The van der Waals surface area contributed by atoms with Gasteiger partial charge < -0.3 is 9.84 Å². The zero-order valence-electron chi connectivity index (χ0n) is 10.3. The zero-order valence-corrected chi connectivity index (χ0v) is 11.8. The molecule has 100 valence electrons. The zero-order chi connectivity index (χ0) is 13.7. The summed E-state index contributed by atoms with van der Waals surface area (Å²) in [5.41, 5.74) is 0.720. The second-order valence-electron chi connectivity index (χ2n) is 4.49. The molecule has 1 rings (SSSR count). The highest BCUT2D eigenvalue weighted by molar-refractivity contribution is 6.35. The first-order valence-electron chi connectivity index (χ1n) is 5.68. The van der Waals surface area contributed by atoms with Crippen molar-refractivity contribution in [2.45, 2.75) is 26.4 Å². The molecular formula is C13H16Cl2O3. The summed E-state index contributed by atoms with van der Waals surface area (Å²) in [6, 6.07) is 5.00. The van der Waals surface area contributed by atoms with Crippen molar-refractivity contribution in [3.63, 3.8) is 0 Å². The van der Waals surface area contributed by atoms with Crippen LogP contribution in [0, 0.1) is 5.92 Å². The molecule has 1 unspecified atom stereocenters. The van der Waals surface area contributed by atoms with Crippen LogP contribution in [-0.4, -0.2) is 23.8 Å². The first-order valence-corrected chi connectivity index (χ1v) is 6.44. The third-order valence-corrected chi connectivity index (χ3v) is 2.91. The molecule has 1 atom stereocenters. The maximum atomic E-state index is 11.1. The van der Waals surface area contributed by atoms with Crippen LogP contribution in [0.25, 0.3) is 0 Å². The van der Waals surface area contributed by atoms with Crippen molar-refractivity contribution in [3.05, 3.63) is 33.8 Å². The minimum atomic E-state index is -0.985. The highest BCUT2D eigenvalue weighted by Gasteiger charge is 2.20. The molecule has 0 saturated heterocycles. The molecule has 0 radical (unpaired) electrons. The van der Waals surface area contributed by atoms with E-state index in [-0.39, 0.29) is 12.3 Å². The maximum Gasteiger partial charge on any atom is 0.333 e. The van der Waals surface area contributed by atoms with Gasteiger partial charge in [0.1, 0.15) is 0 Å². The van der Waals surface area contributed by atoms with Crippen LogP contribution in [0.1, 0.15) is 19.4 Å². The highest BCUT2D eigenvalue weighted by Crippen LogP contribution is 2.22. The number of hydrogen-bond donors (Lipinski definition) is 1. The Morgan fingerprint density at radius 1 is 1.39 bits per heavy atom. The van der Waals surface area contributed by atoms with Crippen molar-refractivity contribution in [1.82, 2.24) is 0 Å².